The smallest absolute Gasteiger partial charge is 0.234 e. The molecule has 2 aliphatic carbocycles. The second kappa shape index (κ2) is 4.17. The Morgan fingerprint density at radius 3 is 2.00 bits per heavy atom. The molecule has 3 aliphatic rings. The number of imide groups is 1. The Hall–Kier alpha value is -1.16. The molecule has 0 aromatic rings. The number of rotatable bonds is 4. The SMILES string of the molecule is CCC(CC)(CO)N1C(=O)C2C3C=CC(C3)C2C1=O. The lowest BCUT2D eigenvalue weighted by molar-refractivity contribution is -0.150. The number of hydrogen-bond acceptors (Lipinski definition) is 3. The van der Waals surface area contributed by atoms with Crippen molar-refractivity contribution in [1.29, 1.82) is 0 Å². The Kier molecular flexibility index (Phi) is 2.82. The maximum Gasteiger partial charge on any atom is 0.234 e. The van der Waals surface area contributed by atoms with Gasteiger partial charge in [-0.25, -0.2) is 0 Å². The Labute approximate surface area is 113 Å². The molecular formula is C15H21NO3. The molecule has 4 nitrogen and oxygen atoms in total. The molecule has 2 amide bonds. The molecule has 104 valence electrons. The molecule has 1 aliphatic heterocycles. The van der Waals surface area contributed by atoms with Gasteiger partial charge >= 0.3 is 0 Å². The maximum atomic E-state index is 12.7. The zero-order valence-corrected chi connectivity index (χ0v) is 11.5. The van der Waals surface area contributed by atoms with Crippen molar-refractivity contribution in [1.82, 2.24) is 4.90 Å². The largest absolute Gasteiger partial charge is 0.394 e. The summed E-state index contributed by atoms with van der Waals surface area (Å²) in [6, 6.07) is 0. The van der Waals surface area contributed by atoms with E-state index in [9.17, 15) is 14.7 Å². The molecule has 1 saturated carbocycles. The average molecular weight is 263 g/mol. The summed E-state index contributed by atoms with van der Waals surface area (Å²) in [5.74, 6) is 0.0513. The number of aliphatic hydroxyl groups excluding tert-OH is 1. The third-order valence-electron chi connectivity index (χ3n) is 5.56. The molecule has 0 spiro atoms. The lowest BCUT2D eigenvalue weighted by atomic mass is 9.85. The molecule has 4 atom stereocenters. The van der Waals surface area contributed by atoms with Crippen LogP contribution in [0.1, 0.15) is 33.1 Å². The van der Waals surface area contributed by atoms with Crippen molar-refractivity contribution in [2.45, 2.75) is 38.6 Å². The van der Waals surface area contributed by atoms with Crippen molar-refractivity contribution >= 4 is 11.8 Å². The highest BCUT2D eigenvalue weighted by molar-refractivity contribution is 6.07. The Morgan fingerprint density at radius 1 is 1.16 bits per heavy atom. The predicted octanol–water partition coefficient (Wildman–Crippen LogP) is 1.34. The molecular weight excluding hydrogens is 242 g/mol. The van der Waals surface area contributed by atoms with E-state index in [1.165, 1.54) is 4.90 Å². The van der Waals surface area contributed by atoms with Crippen LogP contribution in [0.15, 0.2) is 12.2 Å². The van der Waals surface area contributed by atoms with Gasteiger partial charge in [0, 0.05) is 0 Å². The van der Waals surface area contributed by atoms with Crippen LogP contribution in [0.2, 0.25) is 0 Å². The van der Waals surface area contributed by atoms with Crippen molar-refractivity contribution in [3.05, 3.63) is 12.2 Å². The predicted molar refractivity (Wildman–Crippen MR) is 70.0 cm³/mol. The summed E-state index contributed by atoms with van der Waals surface area (Å²) in [7, 11) is 0. The lowest BCUT2D eigenvalue weighted by Crippen LogP contribution is -2.54. The van der Waals surface area contributed by atoms with Crippen LogP contribution in [0.4, 0.5) is 0 Å². The number of aliphatic hydroxyl groups is 1. The molecule has 2 fully saturated rings. The number of fused-ring (bicyclic) bond motifs is 5. The number of likely N-dealkylation sites (tertiary alicyclic amines) is 1. The van der Waals surface area contributed by atoms with Gasteiger partial charge in [0.15, 0.2) is 0 Å². The Bertz CT molecular complexity index is 414. The maximum absolute atomic E-state index is 12.7. The minimum Gasteiger partial charge on any atom is -0.394 e. The first kappa shape index (κ1) is 12.9. The van der Waals surface area contributed by atoms with Crippen molar-refractivity contribution in [2.75, 3.05) is 6.61 Å². The van der Waals surface area contributed by atoms with Gasteiger partial charge in [0.05, 0.1) is 24.0 Å². The number of allylic oxidation sites excluding steroid dienone is 2. The molecule has 0 aromatic heterocycles. The molecule has 1 saturated heterocycles. The van der Waals surface area contributed by atoms with Crippen LogP contribution in [0, 0.1) is 23.7 Å². The molecule has 3 rings (SSSR count). The van der Waals surface area contributed by atoms with Crippen LogP contribution in [-0.4, -0.2) is 34.0 Å². The topological polar surface area (TPSA) is 57.6 Å². The highest BCUT2D eigenvalue weighted by atomic mass is 16.3. The van der Waals surface area contributed by atoms with Gasteiger partial charge in [-0.05, 0) is 31.1 Å². The van der Waals surface area contributed by atoms with Gasteiger partial charge in [-0.3, -0.25) is 14.5 Å². The molecule has 19 heavy (non-hydrogen) atoms. The standard InChI is InChI=1S/C15H21NO3/c1-3-15(4-2,8-17)16-13(18)11-9-5-6-10(7-9)12(11)14(16)19/h5-6,9-12,17H,3-4,7-8H2,1-2H3. The zero-order chi connectivity index (χ0) is 13.8. The highest BCUT2D eigenvalue weighted by Gasteiger charge is 2.62. The van der Waals surface area contributed by atoms with Crippen LogP contribution >= 0.6 is 0 Å². The van der Waals surface area contributed by atoms with E-state index in [0.717, 1.165) is 6.42 Å². The van der Waals surface area contributed by atoms with Crippen LogP contribution in [0.25, 0.3) is 0 Å². The summed E-state index contributed by atoms with van der Waals surface area (Å²) in [4.78, 5) is 26.8. The number of hydrogen-bond donors (Lipinski definition) is 1. The van der Waals surface area contributed by atoms with Gasteiger partial charge in [-0.1, -0.05) is 26.0 Å². The third kappa shape index (κ3) is 1.43. The van der Waals surface area contributed by atoms with E-state index in [0.29, 0.717) is 12.8 Å². The highest BCUT2D eigenvalue weighted by Crippen LogP contribution is 2.54. The second-order valence-corrected chi connectivity index (χ2v) is 6.10. The molecule has 4 heteroatoms. The van der Waals surface area contributed by atoms with Crippen molar-refractivity contribution < 1.29 is 14.7 Å². The van der Waals surface area contributed by atoms with Crippen LogP contribution in [-0.2, 0) is 9.59 Å². The quantitative estimate of drug-likeness (QED) is 0.615. The van der Waals surface area contributed by atoms with E-state index in [4.69, 9.17) is 0 Å². The normalized spacial score (nSPS) is 36.5. The summed E-state index contributed by atoms with van der Waals surface area (Å²) in [5, 5.41) is 9.72. The summed E-state index contributed by atoms with van der Waals surface area (Å²) < 4.78 is 0. The summed E-state index contributed by atoms with van der Waals surface area (Å²) in [5.41, 5.74) is -0.696. The molecule has 0 radical (unpaired) electrons. The van der Waals surface area contributed by atoms with E-state index < -0.39 is 5.54 Å². The van der Waals surface area contributed by atoms with E-state index >= 15 is 0 Å². The molecule has 2 bridgehead atoms. The minimum atomic E-state index is -0.696. The third-order valence-corrected chi connectivity index (χ3v) is 5.56. The van der Waals surface area contributed by atoms with Gasteiger partial charge in [0.25, 0.3) is 0 Å². The first-order valence-electron chi connectivity index (χ1n) is 7.26. The first-order chi connectivity index (χ1) is 9.09. The number of carbonyl (C=O) groups excluding carboxylic acids is 2. The van der Waals surface area contributed by atoms with Crippen LogP contribution in [0.3, 0.4) is 0 Å². The Balaban J connectivity index is 1.98. The fourth-order valence-electron chi connectivity index (χ4n) is 4.23. The monoisotopic (exact) mass is 263 g/mol. The van der Waals surface area contributed by atoms with Gasteiger partial charge in [-0.2, -0.15) is 0 Å². The molecule has 1 heterocycles. The molecule has 0 aromatic carbocycles. The van der Waals surface area contributed by atoms with Crippen LogP contribution < -0.4 is 0 Å². The van der Waals surface area contributed by atoms with Gasteiger partial charge in [0.2, 0.25) is 11.8 Å². The summed E-state index contributed by atoms with van der Waals surface area (Å²) in [6.07, 6.45) is 6.36. The van der Waals surface area contributed by atoms with Gasteiger partial charge < -0.3 is 5.11 Å². The van der Waals surface area contributed by atoms with Gasteiger partial charge in [0.1, 0.15) is 0 Å². The molecule has 1 N–H and O–H groups in total. The van der Waals surface area contributed by atoms with Crippen LogP contribution in [0.5, 0.6) is 0 Å². The Morgan fingerprint density at radius 2 is 1.63 bits per heavy atom. The summed E-state index contributed by atoms with van der Waals surface area (Å²) >= 11 is 0. The molecule has 4 unspecified atom stereocenters. The second-order valence-electron chi connectivity index (χ2n) is 6.10. The van der Waals surface area contributed by atoms with E-state index in [1.807, 2.05) is 13.8 Å². The number of nitrogens with zero attached hydrogens (tertiary/aromatic N) is 1. The zero-order valence-electron chi connectivity index (χ0n) is 11.5. The fourth-order valence-corrected chi connectivity index (χ4v) is 4.23. The van der Waals surface area contributed by atoms with Gasteiger partial charge in [-0.15, -0.1) is 0 Å². The van der Waals surface area contributed by atoms with Crippen molar-refractivity contribution in [2.24, 2.45) is 23.7 Å². The summed E-state index contributed by atoms with van der Waals surface area (Å²) in [6.45, 7) is 3.72. The fraction of sp³-hybridized carbons (Fsp3) is 0.733. The minimum absolute atomic E-state index is 0.0513. The van der Waals surface area contributed by atoms with E-state index in [-0.39, 0.29) is 42.1 Å². The number of amides is 2. The van der Waals surface area contributed by atoms with Crippen molar-refractivity contribution in [3.63, 3.8) is 0 Å². The average Bonchev–Trinajstić information content (AvgIpc) is 3.09. The van der Waals surface area contributed by atoms with E-state index in [1.54, 1.807) is 0 Å². The van der Waals surface area contributed by atoms with E-state index in [2.05, 4.69) is 12.2 Å². The lowest BCUT2D eigenvalue weighted by Gasteiger charge is -2.38. The number of carbonyl (C=O) groups is 2. The first-order valence-corrected chi connectivity index (χ1v) is 7.26. The van der Waals surface area contributed by atoms with Crippen molar-refractivity contribution in [3.8, 4) is 0 Å².